The summed E-state index contributed by atoms with van der Waals surface area (Å²) in [5.74, 6) is 3.29. The lowest BCUT2D eigenvalue weighted by Gasteiger charge is -2.20. The number of benzene rings is 3. The van der Waals surface area contributed by atoms with Crippen molar-refractivity contribution in [1.82, 2.24) is 9.55 Å². The van der Waals surface area contributed by atoms with E-state index in [0.29, 0.717) is 26.2 Å². The van der Waals surface area contributed by atoms with Gasteiger partial charge in [-0.05, 0) is 68.7 Å². The Bertz CT molecular complexity index is 1490. The van der Waals surface area contributed by atoms with Gasteiger partial charge in [0.05, 0.1) is 37.0 Å². The minimum absolute atomic E-state index is 0.00535. The molecule has 1 fully saturated rings. The predicted molar refractivity (Wildman–Crippen MR) is 159 cm³/mol. The van der Waals surface area contributed by atoms with Gasteiger partial charge in [-0.15, -0.1) is 0 Å². The molecule has 208 valence electrons. The number of rotatable bonds is 12. The van der Waals surface area contributed by atoms with Crippen molar-refractivity contribution < 1.29 is 19.0 Å². The zero-order chi connectivity index (χ0) is 27.9. The van der Waals surface area contributed by atoms with Crippen LogP contribution in [0.5, 0.6) is 17.2 Å². The zero-order valence-electron chi connectivity index (χ0n) is 23.5. The van der Waals surface area contributed by atoms with Crippen LogP contribution >= 0.6 is 0 Å². The van der Waals surface area contributed by atoms with Crippen LogP contribution < -0.4 is 19.1 Å². The van der Waals surface area contributed by atoms with Crippen LogP contribution in [0.3, 0.4) is 0 Å². The Hall–Kier alpha value is -4.26. The average Bonchev–Trinajstić information content (AvgIpc) is 3.54. The molecule has 0 saturated carbocycles. The summed E-state index contributed by atoms with van der Waals surface area (Å²) in [7, 11) is 1.66. The van der Waals surface area contributed by atoms with Gasteiger partial charge in [0.15, 0.2) is 11.5 Å². The summed E-state index contributed by atoms with van der Waals surface area (Å²) in [4.78, 5) is 20.0. The summed E-state index contributed by atoms with van der Waals surface area (Å²) in [6, 6.07) is 21.9. The van der Waals surface area contributed by atoms with Crippen molar-refractivity contribution in [3.8, 4) is 17.2 Å². The van der Waals surface area contributed by atoms with Gasteiger partial charge < -0.3 is 23.7 Å². The lowest BCUT2D eigenvalue weighted by molar-refractivity contribution is -0.117. The number of carbonyl (C=O) groups is 1. The predicted octanol–water partition coefficient (Wildman–Crippen LogP) is 6.86. The maximum atomic E-state index is 13.2. The number of nitrogens with zero attached hydrogens (tertiary/aromatic N) is 3. The number of ether oxygens (including phenoxy) is 3. The average molecular weight is 540 g/mol. The number of aryl methyl sites for hydroxylation is 1. The number of imidazole rings is 1. The van der Waals surface area contributed by atoms with Crippen LogP contribution in [-0.4, -0.2) is 42.3 Å². The Balaban J connectivity index is 1.28. The van der Waals surface area contributed by atoms with Gasteiger partial charge in [0.25, 0.3) is 0 Å². The van der Waals surface area contributed by atoms with E-state index >= 15 is 0 Å². The lowest BCUT2D eigenvalue weighted by Crippen LogP contribution is -2.25. The van der Waals surface area contributed by atoms with Crippen LogP contribution in [0.15, 0.2) is 72.8 Å². The number of para-hydroxylation sites is 4. The number of carbonyl (C=O) groups excluding carboxylic acids is 1. The van der Waals surface area contributed by atoms with Crippen LogP contribution in [0.2, 0.25) is 0 Å². The van der Waals surface area contributed by atoms with Gasteiger partial charge in [-0.2, -0.15) is 0 Å². The Morgan fingerprint density at radius 3 is 2.62 bits per heavy atom. The molecule has 4 aromatic rings. The largest absolute Gasteiger partial charge is 0.493 e. The Morgan fingerprint density at radius 2 is 1.80 bits per heavy atom. The number of methoxy groups -OCH3 is 1. The maximum Gasteiger partial charge on any atom is 0.227 e. The Kier molecular flexibility index (Phi) is 8.69. The van der Waals surface area contributed by atoms with Crippen LogP contribution in [0, 0.1) is 0 Å². The molecule has 0 bridgehead atoms. The van der Waals surface area contributed by atoms with Gasteiger partial charge in [0, 0.05) is 25.4 Å². The summed E-state index contributed by atoms with van der Waals surface area (Å²) in [6.07, 6.45) is 6.26. The van der Waals surface area contributed by atoms with Gasteiger partial charge >= 0.3 is 0 Å². The van der Waals surface area contributed by atoms with E-state index < -0.39 is 0 Å². The molecule has 1 amide bonds. The Labute approximate surface area is 236 Å². The highest BCUT2D eigenvalue weighted by atomic mass is 16.5. The molecular formula is C33H37N3O4. The SMILES string of the molecule is C/C=C/c1ccc(OCCCCn2c(C3CC(=O)N(c4ccccc4OCC)C3)nc3ccccc32)c(OC)c1. The van der Waals surface area contributed by atoms with E-state index in [1.54, 1.807) is 7.11 Å². The van der Waals surface area contributed by atoms with Crippen molar-refractivity contribution >= 4 is 28.7 Å². The van der Waals surface area contributed by atoms with Crippen LogP contribution in [0.25, 0.3) is 17.1 Å². The number of hydrogen-bond donors (Lipinski definition) is 0. The van der Waals surface area contributed by atoms with E-state index in [0.717, 1.165) is 64.7 Å². The molecule has 5 rings (SSSR count). The van der Waals surface area contributed by atoms with Crippen LogP contribution in [0.1, 0.15) is 50.4 Å². The smallest absolute Gasteiger partial charge is 0.227 e. The molecule has 0 N–H and O–H groups in total. The molecule has 1 unspecified atom stereocenters. The molecule has 1 aromatic heterocycles. The van der Waals surface area contributed by atoms with Crippen molar-refractivity contribution in [1.29, 1.82) is 0 Å². The van der Waals surface area contributed by atoms with E-state index in [4.69, 9.17) is 19.2 Å². The second-order valence-electron chi connectivity index (χ2n) is 9.88. The number of amides is 1. The van der Waals surface area contributed by atoms with Crippen molar-refractivity contribution in [2.45, 2.75) is 45.6 Å². The molecule has 2 heterocycles. The van der Waals surface area contributed by atoms with E-state index in [-0.39, 0.29) is 11.8 Å². The van der Waals surface area contributed by atoms with E-state index in [1.165, 1.54) is 0 Å². The number of fused-ring (bicyclic) bond motifs is 1. The zero-order valence-corrected chi connectivity index (χ0v) is 23.5. The first-order valence-electron chi connectivity index (χ1n) is 14.0. The molecule has 1 aliphatic rings. The van der Waals surface area contributed by atoms with Gasteiger partial charge in [-0.3, -0.25) is 4.79 Å². The van der Waals surface area contributed by atoms with Crippen molar-refractivity contribution in [3.63, 3.8) is 0 Å². The molecule has 1 aliphatic heterocycles. The fourth-order valence-electron chi connectivity index (χ4n) is 5.37. The van der Waals surface area contributed by atoms with E-state index in [9.17, 15) is 4.79 Å². The topological polar surface area (TPSA) is 65.8 Å². The summed E-state index contributed by atoms with van der Waals surface area (Å²) in [6.45, 7) is 6.47. The Morgan fingerprint density at radius 1 is 0.975 bits per heavy atom. The fraction of sp³-hybridized carbons (Fsp3) is 0.333. The highest BCUT2D eigenvalue weighted by Crippen LogP contribution is 2.37. The number of hydrogen-bond acceptors (Lipinski definition) is 5. The summed E-state index contributed by atoms with van der Waals surface area (Å²) < 4.78 is 19.7. The maximum absolute atomic E-state index is 13.2. The van der Waals surface area contributed by atoms with E-state index in [1.807, 2.05) is 91.6 Å². The molecule has 1 atom stereocenters. The molecular weight excluding hydrogens is 502 g/mol. The van der Waals surface area contributed by atoms with Crippen molar-refractivity contribution in [2.24, 2.45) is 0 Å². The van der Waals surface area contributed by atoms with Crippen molar-refractivity contribution in [3.05, 3.63) is 84.2 Å². The second kappa shape index (κ2) is 12.7. The molecule has 0 aliphatic carbocycles. The summed E-state index contributed by atoms with van der Waals surface area (Å²) in [5, 5.41) is 0. The quantitative estimate of drug-likeness (QED) is 0.184. The molecule has 0 spiro atoms. The first-order valence-corrected chi connectivity index (χ1v) is 14.0. The standard InChI is InChI=1S/C33H37N3O4/c1-4-12-24-17-18-30(31(21-24)38-3)40-20-11-10-19-35-27-14-7-6-13-26(27)34-33(35)25-22-32(37)36(23-25)28-15-8-9-16-29(28)39-5-2/h4,6-9,12-18,21,25H,5,10-11,19-20,22-23H2,1-3H3/b12-4+. The van der Waals surface area contributed by atoms with Gasteiger partial charge in [-0.1, -0.05) is 42.5 Å². The normalized spacial score (nSPS) is 15.3. The minimum atomic E-state index is 0.00535. The number of unbranched alkanes of at least 4 members (excludes halogenated alkanes) is 1. The number of allylic oxidation sites excluding steroid dienone is 1. The fourth-order valence-corrected chi connectivity index (χ4v) is 5.37. The molecule has 40 heavy (non-hydrogen) atoms. The first kappa shape index (κ1) is 27.3. The lowest BCUT2D eigenvalue weighted by atomic mass is 10.1. The summed E-state index contributed by atoms with van der Waals surface area (Å²) >= 11 is 0. The monoisotopic (exact) mass is 539 g/mol. The first-order chi connectivity index (χ1) is 19.6. The molecule has 0 radical (unpaired) electrons. The molecule has 3 aromatic carbocycles. The number of aromatic nitrogens is 2. The van der Waals surface area contributed by atoms with Gasteiger partial charge in [0.2, 0.25) is 5.91 Å². The second-order valence-corrected chi connectivity index (χ2v) is 9.88. The molecule has 7 heteroatoms. The highest BCUT2D eigenvalue weighted by Gasteiger charge is 2.36. The van der Waals surface area contributed by atoms with Gasteiger partial charge in [-0.25, -0.2) is 4.98 Å². The third-order valence-electron chi connectivity index (χ3n) is 7.21. The molecule has 1 saturated heterocycles. The van der Waals surface area contributed by atoms with Gasteiger partial charge in [0.1, 0.15) is 11.6 Å². The highest BCUT2D eigenvalue weighted by molar-refractivity contribution is 5.97. The third-order valence-corrected chi connectivity index (χ3v) is 7.21. The van der Waals surface area contributed by atoms with Crippen molar-refractivity contribution in [2.75, 3.05) is 31.8 Å². The molecule has 7 nitrogen and oxygen atoms in total. The third kappa shape index (κ3) is 5.83. The van der Waals surface area contributed by atoms with Crippen LogP contribution in [-0.2, 0) is 11.3 Å². The summed E-state index contributed by atoms with van der Waals surface area (Å²) in [5.41, 5.74) is 3.96. The van der Waals surface area contributed by atoms with E-state index in [2.05, 4.69) is 10.6 Å². The van der Waals surface area contributed by atoms with Crippen LogP contribution in [0.4, 0.5) is 5.69 Å². The number of anilines is 1. The minimum Gasteiger partial charge on any atom is -0.493 e.